The lowest BCUT2D eigenvalue weighted by Crippen LogP contribution is -1.97. The van der Waals surface area contributed by atoms with E-state index in [0.717, 1.165) is 28.0 Å². The minimum Gasteiger partial charge on any atom is -0.506 e. The van der Waals surface area contributed by atoms with Gasteiger partial charge in [-0.1, -0.05) is 66.2 Å². The molecule has 0 saturated carbocycles. The van der Waals surface area contributed by atoms with Gasteiger partial charge in [0.25, 0.3) is 0 Å². The van der Waals surface area contributed by atoms with Crippen LogP contribution in [0.3, 0.4) is 0 Å². The number of hydrogen-bond donors (Lipinski definition) is 1. The SMILES string of the molecule is Oc1cccc2ccc(/C=C\c3ccccc3OCc3ccccc3Cl)nc12. The van der Waals surface area contributed by atoms with Crippen LogP contribution in [0.4, 0.5) is 0 Å². The molecule has 0 aliphatic carbocycles. The maximum Gasteiger partial charge on any atom is 0.141 e. The van der Waals surface area contributed by atoms with E-state index >= 15 is 0 Å². The number of para-hydroxylation sites is 2. The molecule has 1 heterocycles. The number of aromatic nitrogens is 1. The summed E-state index contributed by atoms with van der Waals surface area (Å²) in [5.41, 5.74) is 3.23. The minimum atomic E-state index is 0.177. The number of nitrogens with zero attached hydrogens (tertiary/aromatic N) is 1. The number of hydrogen-bond acceptors (Lipinski definition) is 3. The van der Waals surface area contributed by atoms with Crippen LogP contribution in [0.2, 0.25) is 5.02 Å². The Morgan fingerprint density at radius 3 is 2.57 bits per heavy atom. The van der Waals surface area contributed by atoms with Crippen molar-refractivity contribution >= 4 is 34.7 Å². The third-order valence-corrected chi connectivity index (χ3v) is 4.78. The first-order valence-electron chi connectivity index (χ1n) is 8.93. The third-order valence-electron chi connectivity index (χ3n) is 4.41. The number of rotatable bonds is 5. The molecule has 0 radical (unpaired) electrons. The third kappa shape index (κ3) is 4.00. The molecule has 4 heteroatoms. The van der Waals surface area contributed by atoms with Crippen LogP contribution in [0, 0.1) is 0 Å². The predicted molar refractivity (Wildman–Crippen MR) is 115 cm³/mol. The Labute approximate surface area is 168 Å². The van der Waals surface area contributed by atoms with E-state index in [2.05, 4.69) is 4.98 Å². The predicted octanol–water partition coefficient (Wildman–Crippen LogP) is 6.34. The molecule has 0 aliphatic heterocycles. The molecule has 3 nitrogen and oxygen atoms in total. The molecule has 0 spiro atoms. The summed E-state index contributed by atoms with van der Waals surface area (Å²) in [5, 5.41) is 11.6. The summed E-state index contributed by atoms with van der Waals surface area (Å²) in [6, 6.07) is 24.7. The van der Waals surface area contributed by atoms with Crippen LogP contribution < -0.4 is 4.74 Å². The second-order valence-corrected chi connectivity index (χ2v) is 6.74. The van der Waals surface area contributed by atoms with E-state index in [4.69, 9.17) is 16.3 Å². The first-order valence-corrected chi connectivity index (χ1v) is 9.30. The molecule has 138 valence electrons. The molecule has 28 heavy (non-hydrogen) atoms. The molecule has 0 amide bonds. The zero-order valence-corrected chi connectivity index (χ0v) is 15.8. The van der Waals surface area contributed by atoms with Gasteiger partial charge in [-0.05, 0) is 36.4 Å². The van der Waals surface area contributed by atoms with Crippen molar-refractivity contribution < 1.29 is 9.84 Å². The largest absolute Gasteiger partial charge is 0.506 e. The highest BCUT2D eigenvalue weighted by atomic mass is 35.5. The Kier molecular flexibility index (Phi) is 5.27. The van der Waals surface area contributed by atoms with Crippen molar-refractivity contribution in [2.45, 2.75) is 6.61 Å². The number of halogens is 1. The van der Waals surface area contributed by atoms with E-state index in [1.165, 1.54) is 0 Å². The lowest BCUT2D eigenvalue weighted by atomic mass is 10.1. The fourth-order valence-corrected chi connectivity index (χ4v) is 3.13. The number of phenolic OH excluding ortho intramolecular Hbond substituents is 1. The van der Waals surface area contributed by atoms with Gasteiger partial charge in [0.05, 0.1) is 5.69 Å². The number of pyridine rings is 1. The highest BCUT2D eigenvalue weighted by molar-refractivity contribution is 6.31. The Morgan fingerprint density at radius 1 is 0.857 bits per heavy atom. The van der Waals surface area contributed by atoms with Crippen LogP contribution in [0.15, 0.2) is 78.9 Å². The van der Waals surface area contributed by atoms with E-state index < -0.39 is 0 Å². The topological polar surface area (TPSA) is 42.4 Å². The lowest BCUT2D eigenvalue weighted by molar-refractivity contribution is 0.305. The molecule has 1 aromatic heterocycles. The van der Waals surface area contributed by atoms with Crippen LogP contribution in [0.25, 0.3) is 23.1 Å². The summed E-state index contributed by atoms with van der Waals surface area (Å²) in [4.78, 5) is 4.53. The first kappa shape index (κ1) is 18.1. The molecular formula is C24H18ClNO2. The average molecular weight is 388 g/mol. The van der Waals surface area contributed by atoms with Gasteiger partial charge in [-0.15, -0.1) is 0 Å². The van der Waals surface area contributed by atoms with Crippen molar-refractivity contribution in [1.29, 1.82) is 0 Å². The summed E-state index contributed by atoms with van der Waals surface area (Å²) in [7, 11) is 0. The maximum absolute atomic E-state index is 10.0. The summed E-state index contributed by atoms with van der Waals surface area (Å²) in [5.74, 6) is 0.943. The van der Waals surface area contributed by atoms with Crippen molar-refractivity contribution in [3.8, 4) is 11.5 Å². The Bertz CT molecular complexity index is 1150. The standard InChI is InChI=1S/C24H18ClNO2/c25-21-9-3-1-7-19(21)16-28-23-11-4-2-6-17(23)12-14-20-15-13-18-8-5-10-22(27)24(18)26-20/h1-15,27H,16H2/b14-12-. The van der Waals surface area contributed by atoms with Gasteiger partial charge in [0.1, 0.15) is 23.6 Å². The molecule has 1 N–H and O–H groups in total. The van der Waals surface area contributed by atoms with Crippen molar-refractivity contribution in [2.75, 3.05) is 0 Å². The molecule has 4 aromatic rings. The van der Waals surface area contributed by atoms with Gasteiger partial charge in [-0.3, -0.25) is 0 Å². The zero-order chi connectivity index (χ0) is 19.3. The van der Waals surface area contributed by atoms with Crippen LogP contribution >= 0.6 is 11.6 Å². The van der Waals surface area contributed by atoms with Crippen molar-refractivity contribution in [2.24, 2.45) is 0 Å². The molecule has 0 aliphatic rings. The Hall–Kier alpha value is -3.30. The summed E-state index contributed by atoms with van der Waals surface area (Å²) in [6.07, 6.45) is 3.86. The van der Waals surface area contributed by atoms with Gasteiger partial charge in [0, 0.05) is 21.5 Å². The second kappa shape index (κ2) is 8.15. The van der Waals surface area contributed by atoms with E-state index in [9.17, 15) is 5.11 Å². The summed E-state index contributed by atoms with van der Waals surface area (Å²) < 4.78 is 5.99. The fourth-order valence-electron chi connectivity index (χ4n) is 2.94. The van der Waals surface area contributed by atoms with Crippen LogP contribution in [-0.4, -0.2) is 10.1 Å². The first-order chi connectivity index (χ1) is 13.7. The van der Waals surface area contributed by atoms with Gasteiger partial charge in [-0.25, -0.2) is 4.98 Å². The van der Waals surface area contributed by atoms with Gasteiger partial charge in [0.2, 0.25) is 0 Å². The summed E-state index contributed by atoms with van der Waals surface area (Å²) >= 11 is 6.21. The van der Waals surface area contributed by atoms with Gasteiger partial charge in [-0.2, -0.15) is 0 Å². The molecule has 3 aromatic carbocycles. The number of aromatic hydroxyl groups is 1. The Morgan fingerprint density at radius 2 is 1.68 bits per heavy atom. The fraction of sp³-hybridized carbons (Fsp3) is 0.0417. The highest BCUT2D eigenvalue weighted by Gasteiger charge is 2.04. The lowest BCUT2D eigenvalue weighted by Gasteiger charge is -2.10. The van der Waals surface area contributed by atoms with E-state index in [1.54, 1.807) is 12.1 Å². The smallest absolute Gasteiger partial charge is 0.141 e. The van der Waals surface area contributed by atoms with Crippen LogP contribution in [0.1, 0.15) is 16.8 Å². The molecular weight excluding hydrogens is 370 g/mol. The Balaban J connectivity index is 1.57. The van der Waals surface area contributed by atoms with E-state index in [0.29, 0.717) is 17.1 Å². The maximum atomic E-state index is 10.0. The van der Waals surface area contributed by atoms with Crippen molar-refractivity contribution in [1.82, 2.24) is 4.98 Å². The number of phenols is 1. The van der Waals surface area contributed by atoms with Crippen LogP contribution in [-0.2, 0) is 6.61 Å². The summed E-state index contributed by atoms with van der Waals surface area (Å²) in [6.45, 7) is 0.395. The molecule has 0 unspecified atom stereocenters. The molecule has 0 saturated heterocycles. The number of fused-ring (bicyclic) bond motifs is 1. The van der Waals surface area contributed by atoms with Crippen molar-refractivity contribution in [3.63, 3.8) is 0 Å². The molecule has 0 atom stereocenters. The number of ether oxygens (including phenoxy) is 1. The molecule has 0 bridgehead atoms. The minimum absolute atomic E-state index is 0.177. The van der Waals surface area contributed by atoms with E-state index in [1.807, 2.05) is 78.9 Å². The second-order valence-electron chi connectivity index (χ2n) is 6.34. The van der Waals surface area contributed by atoms with Crippen molar-refractivity contribution in [3.05, 3.63) is 101 Å². The number of benzene rings is 3. The monoisotopic (exact) mass is 387 g/mol. The van der Waals surface area contributed by atoms with Gasteiger partial charge >= 0.3 is 0 Å². The van der Waals surface area contributed by atoms with Crippen LogP contribution in [0.5, 0.6) is 11.5 Å². The highest BCUT2D eigenvalue weighted by Crippen LogP contribution is 2.25. The zero-order valence-electron chi connectivity index (χ0n) is 15.0. The molecule has 0 fully saturated rings. The normalized spacial score (nSPS) is 11.2. The quantitative estimate of drug-likeness (QED) is 0.434. The van der Waals surface area contributed by atoms with E-state index in [-0.39, 0.29) is 5.75 Å². The van der Waals surface area contributed by atoms with Gasteiger partial charge < -0.3 is 9.84 Å². The van der Waals surface area contributed by atoms with Gasteiger partial charge in [0.15, 0.2) is 0 Å². The average Bonchev–Trinajstić information content (AvgIpc) is 2.73. The molecule has 4 rings (SSSR count).